The highest BCUT2D eigenvalue weighted by atomic mass is 15.1. The number of hydrogen-bond donors (Lipinski definition) is 0. The quantitative estimate of drug-likeness (QED) is 0.346. The molecule has 0 aromatic heterocycles. The fourth-order valence-corrected chi connectivity index (χ4v) is 2.62. The van der Waals surface area contributed by atoms with Crippen molar-refractivity contribution in [1.29, 1.82) is 0 Å². The number of aryl methyl sites for hydroxylation is 2. The smallest absolute Gasteiger partial charge is 0.0857 e. The first kappa shape index (κ1) is 17.4. The SMILES string of the molecule is CCCCCCc1ccc(N=Nc2ccc(CCC)cc2)cc1. The first-order valence-corrected chi connectivity index (χ1v) is 8.91. The number of rotatable bonds is 9. The van der Waals surface area contributed by atoms with Gasteiger partial charge in [-0.25, -0.2) is 0 Å². The summed E-state index contributed by atoms with van der Waals surface area (Å²) in [7, 11) is 0. The monoisotopic (exact) mass is 308 g/mol. The molecule has 0 N–H and O–H groups in total. The summed E-state index contributed by atoms with van der Waals surface area (Å²) in [5.74, 6) is 0. The van der Waals surface area contributed by atoms with Gasteiger partial charge in [0.15, 0.2) is 0 Å². The highest BCUT2D eigenvalue weighted by Crippen LogP contribution is 2.20. The van der Waals surface area contributed by atoms with E-state index in [4.69, 9.17) is 0 Å². The van der Waals surface area contributed by atoms with Gasteiger partial charge in [-0.3, -0.25) is 0 Å². The van der Waals surface area contributed by atoms with E-state index in [0.717, 1.165) is 24.2 Å². The van der Waals surface area contributed by atoms with Crippen LogP contribution >= 0.6 is 0 Å². The van der Waals surface area contributed by atoms with Crippen molar-refractivity contribution in [2.75, 3.05) is 0 Å². The molecule has 0 heterocycles. The normalized spacial score (nSPS) is 11.2. The van der Waals surface area contributed by atoms with Gasteiger partial charge in [0.25, 0.3) is 0 Å². The summed E-state index contributed by atoms with van der Waals surface area (Å²) in [6.07, 6.45) is 8.69. The summed E-state index contributed by atoms with van der Waals surface area (Å²) in [5.41, 5.74) is 4.58. The minimum Gasteiger partial charge on any atom is -0.151 e. The molecule has 2 heteroatoms. The maximum absolute atomic E-state index is 4.33. The maximum Gasteiger partial charge on any atom is 0.0857 e. The first-order chi connectivity index (χ1) is 11.3. The molecule has 0 spiro atoms. The Morgan fingerprint density at radius 2 is 1.09 bits per heavy atom. The molecule has 0 atom stereocenters. The van der Waals surface area contributed by atoms with Crippen LogP contribution in [-0.2, 0) is 12.8 Å². The van der Waals surface area contributed by atoms with Crippen LogP contribution in [0.2, 0.25) is 0 Å². The van der Waals surface area contributed by atoms with Crippen LogP contribution in [-0.4, -0.2) is 0 Å². The second-order valence-corrected chi connectivity index (χ2v) is 6.09. The van der Waals surface area contributed by atoms with E-state index in [9.17, 15) is 0 Å². The van der Waals surface area contributed by atoms with Crippen molar-refractivity contribution in [3.05, 3.63) is 59.7 Å². The molecule has 0 amide bonds. The van der Waals surface area contributed by atoms with Gasteiger partial charge in [-0.2, -0.15) is 10.2 Å². The Labute approximate surface area is 140 Å². The zero-order valence-corrected chi connectivity index (χ0v) is 14.5. The van der Waals surface area contributed by atoms with Crippen molar-refractivity contribution in [2.45, 2.75) is 58.8 Å². The van der Waals surface area contributed by atoms with Crippen LogP contribution < -0.4 is 0 Å². The van der Waals surface area contributed by atoms with Gasteiger partial charge in [-0.1, -0.05) is 63.8 Å². The number of hydrogen-bond acceptors (Lipinski definition) is 2. The van der Waals surface area contributed by atoms with E-state index in [1.54, 1.807) is 0 Å². The van der Waals surface area contributed by atoms with E-state index in [-0.39, 0.29) is 0 Å². The van der Waals surface area contributed by atoms with Gasteiger partial charge in [0, 0.05) is 0 Å². The Hall–Kier alpha value is -1.96. The molecule has 0 aliphatic heterocycles. The van der Waals surface area contributed by atoms with E-state index in [0.29, 0.717) is 0 Å². The molecule has 122 valence electrons. The van der Waals surface area contributed by atoms with Crippen LogP contribution in [0.15, 0.2) is 58.8 Å². The second-order valence-electron chi connectivity index (χ2n) is 6.09. The van der Waals surface area contributed by atoms with Gasteiger partial charge < -0.3 is 0 Å². The summed E-state index contributed by atoms with van der Waals surface area (Å²) in [5, 5.41) is 8.65. The van der Waals surface area contributed by atoms with Crippen LogP contribution in [0.3, 0.4) is 0 Å². The Morgan fingerprint density at radius 1 is 0.565 bits per heavy atom. The molecule has 0 saturated carbocycles. The molecule has 2 nitrogen and oxygen atoms in total. The molecule has 0 radical (unpaired) electrons. The number of nitrogens with zero attached hydrogens (tertiary/aromatic N) is 2. The van der Waals surface area contributed by atoms with Gasteiger partial charge in [0.2, 0.25) is 0 Å². The van der Waals surface area contributed by atoms with Gasteiger partial charge >= 0.3 is 0 Å². The molecule has 0 saturated heterocycles. The number of benzene rings is 2. The molecular formula is C21H28N2. The van der Waals surface area contributed by atoms with E-state index in [1.807, 2.05) is 12.1 Å². The lowest BCUT2D eigenvalue weighted by atomic mass is 10.1. The molecule has 0 aliphatic rings. The predicted octanol–water partition coefficient (Wildman–Crippen LogP) is 7.18. The van der Waals surface area contributed by atoms with Crippen molar-refractivity contribution in [2.24, 2.45) is 10.2 Å². The van der Waals surface area contributed by atoms with Gasteiger partial charge in [0.1, 0.15) is 0 Å². The molecule has 0 aliphatic carbocycles. The Morgan fingerprint density at radius 3 is 1.57 bits per heavy atom. The average Bonchev–Trinajstić information content (AvgIpc) is 2.59. The summed E-state index contributed by atoms with van der Waals surface area (Å²) in [6.45, 7) is 4.44. The summed E-state index contributed by atoms with van der Waals surface area (Å²) < 4.78 is 0. The van der Waals surface area contributed by atoms with Crippen molar-refractivity contribution in [1.82, 2.24) is 0 Å². The molecule has 2 aromatic carbocycles. The zero-order chi connectivity index (χ0) is 16.3. The van der Waals surface area contributed by atoms with Gasteiger partial charge in [0.05, 0.1) is 11.4 Å². The predicted molar refractivity (Wildman–Crippen MR) is 98.9 cm³/mol. The minimum absolute atomic E-state index is 0.911. The standard InChI is InChI=1S/C21H28N2/c1-3-5-6-7-9-19-12-16-21(17-13-19)23-22-20-14-10-18(8-4-2)11-15-20/h10-17H,3-9H2,1-2H3. The second kappa shape index (κ2) is 9.94. The third-order valence-electron chi connectivity index (χ3n) is 4.01. The van der Waals surface area contributed by atoms with Crippen LogP contribution in [0, 0.1) is 0 Å². The fourth-order valence-electron chi connectivity index (χ4n) is 2.62. The highest BCUT2D eigenvalue weighted by Gasteiger charge is 1.96. The first-order valence-electron chi connectivity index (χ1n) is 8.91. The van der Waals surface area contributed by atoms with Crippen molar-refractivity contribution >= 4 is 11.4 Å². The minimum atomic E-state index is 0.911. The van der Waals surface area contributed by atoms with Crippen LogP contribution in [0.4, 0.5) is 11.4 Å². The Kier molecular flexibility index (Phi) is 7.51. The average molecular weight is 308 g/mol. The molecule has 0 bridgehead atoms. The molecular weight excluding hydrogens is 280 g/mol. The fraction of sp³-hybridized carbons (Fsp3) is 0.429. The lowest BCUT2D eigenvalue weighted by Gasteiger charge is -2.01. The topological polar surface area (TPSA) is 24.7 Å². The van der Waals surface area contributed by atoms with Crippen molar-refractivity contribution in [3.8, 4) is 0 Å². The highest BCUT2D eigenvalue weighted by molar-refractivity contribution is 5.42. The van der Waals surface area contributed by atoms with Gasteiger partial charge in [-0.15, -0.1) is 0 Å². The van der Waals surface area contributed by atoms with Crippen molar-refractivity contribution in [3.63, 3.8) is 0 Å². The summed E-state index contributed by atoms with van der Waals surface area (Å²) >= 11 is 0. The zero-order valence-electron chi connectivity index (χ0n) is 14.5. The van der Waals surface area contributed by atoms with E-state index in [2.05, 4.69) is 60.5 Å². The van der Waals surface area contributed by atoms with Crippen molar-refractivity contribution < 1.29 is 0 Å². The van der Waals surface area contributed by atoms with Crippen LogP contribution in [0.5, 0.6) is 0 Å². The van der Waals surface area contributed by atoms with E-state index < -0.39 is 0 Å². The largest absolute Gasteiger partial charge is 0.151 e. The molecule has 2 rings (SSSR count). The summed E-state index contributed by atoms with van der Waals surface area (Å²) in [4.78, 5) is 0. The summed E-state index contributed by atoms with van der Waals surface area (Å²) in [6, 6.07) is 16.8. The maximum atomic E-state index is 4.33. The Bertz CT molecular complexity index is 582. The third kappa shape index (κ3) is 6.35. The number of azo groups is 1. The van der Waals surface area contributed by atoms with Crippen LogP contribution in [0.25, 0.3) is 0 Å². The molecule has 0 unspecified atom stereocenters. The molecule has 23 heavy (non-hydrogen) atoms. The molecule has 2 aromatic rings. The molecule has 0 fully saturated rings. The van der Waals surface area contributed by atoms with Crippen LogP contribution in [0.1, 0.15) is 57.1 Å². The third-order valence-corrected chi connectivity index (χ3v) is 4.01. The lowest BCUT2D eigenvalue weighted by molar-refractivity contribution is 0.667. The number of unbranched alkanes of at least 4 members (excludes halogenated alkanes) is 3. The lowest BCUT2D eigenvalue weighted by Crippen LogP contribution is -1.84. The van der Waals surface area contributed by atoms with E-state index >= 15 is 0 Å². The van der Waals surface area contributed by atoms with E-state index in [1.165, 1.54) is 43.2 Å². The van der Waals surface area contributed by atoms with Gasteiger partial charge in [-0.05, 0) is 54.7 Å². The Balaban J connectivity index is 1.87.